The van der Waals surface area contributed by atoms with Crippen molar-refractivity contribution in [3.63, 3.8) is 0 Å². The van der Waals surface area contributed by atoms with Crippen molar-refractivity contribution in [2.75, 3.05) is 14.2 Å². The molecule has 26 heavy (non-hydrogen) atoms. The molecule has 0 aromatic heterocycles. The predicted octanol–water partition coefficient (Wildman–Crippen LogP) is 3.48. The molecule has 0 amide bonds. The molecule has 2 rings (SSSR count). The zero-order valence-corrected chi connectivity index (χ0v) is 15.7. The van der Waals surface area contributed by atoms with Crippen LogP contribution in [0.15, 0.2) is 47.6 Å². The van der Waals surface area contributed by atoms with Crippen molar-refractivity contribution in [1.29, 1.82) is 0 Å². The average molecular weight is 356 g/mol. The van der Waals surface area contributed by atoms with E-state index in [2.05, 4.69) is 25.9 Å². The Hall–Kier alpha value is -3.02. The fourth-order valence-corrected chi connectivity index (χ4v) is 2.30. The monoisotopic (exact) mass is 356 g/mol. The minimum atomic E-state index is -0.575. The molecule has 0 atom stereocenters. The summed E-state index contributed by atoms with van der Waals surface area (Å²) in [5.74, 6) is 0.562. The number of hydrogen-bond donors (Lipinski definition) is 1. The molecule has 0 aliphatic carbocycles. The summed E-state index contributed by atoms with van der Waals surface area (Å²) in [6.45, 7) is 6.32. The highest BCUT2D eigenvalue weighted by molar-refractivity contribution is 5.98. The summed E-state index contributed by atoms with van der Waals surface area (Å²) < 4.78 is 10.4. The first kappa shape index (κ1) is 19.3. The molecule has 6 nitrogen and oxygen atoms in total. The van der Waals surface area contributed by atoms with Gasteiger partial charge in [0.15, 0.2) is 17.3 Å². The quantitative estimate of drug-likeness (QED) is 0.384. The average Bonchev–Trinajstić information content (AvgIpc) is 2.64. The van der Waals surface area contributed by atoms with Gasteiger partial charge in [-0.25, -0.2) is 4.79 Å². The molecule has 2 aromatic carbocycles. The number of carbonyl (C=O) groups excluding carboxylic acids is 1. The second-order valence-corrected chi connectivity index (χ2v) is 6.75. The van der Waals surface area contributed by atoms with Gasteiger partial charge in [-0.3, -0.25) is 0 Å². The number of methoxy groups -OCH3 is 2. The Morgan fingerprint density at radius 1 is 0.923 bits per heavy atom. The van der Waals surface area contributed by atoms with Crippen molar-refractivity contribution in [2.24, 2.45) is 10.9 Å². The molecule has 0 saturated carbocycles. The van der Waals surface area contributed by atoms with E-state index >= 15 is 0 Å². The zero-order valence-electron chi connectivity index (χ0n) is 15.7. The van der Waals surface area contributed by atoms with Gasteiger partial charge >= 0.3 is 5.97 Å². The van der Waals surface area contributed by atoms with Crippen molar-refractivity contribution >= 4 is 11.8 Å². The van der Waals surface area contributed by atoms with Crippen molar-refractivity contribution < 1.29 is 19.1 Å². The number of amidine groups is 1. The van der Waals surface area contributed by atoms with Crippen LogP contribution in [0.2, 0.25) is 0 Å². The number of nitrogens with two attached hydrogens (primary N) is 1. The third-order valence-corrected chi connectivity index (χ3v) is 3.89. The lowest BCUT2D eigenvalue weighted by Crippen LogP contribution is -2.15. The van der Waals surface area contributed by atoms with Crippen LogP contribution in [0.5, 0.6) is 11.5 Å². The number of nitrogens with zero attached hydrogens (tertiary/aromatic N) is 1. The predicted molar refractivity (Wildman–Crippen MR) is 101 cm³/mol. The van der Waals surface area contributed by atoms with Crippen LogP contribution in [0.1, 0.15) is 42.3 Å². The summed E-state index contributed by atoms with van der Waals surface area (Å²) in [4.78, 5) is 17.1. The largest absolute Gasteiger partial charge is 0.493 e. The highest BCUT2D eigenvalue weighted by Crippen LogP contribution is 2.27. The van der Waals surface area contributed by atoms with E-state index in [9.17, 15) is 4.79 Å². The molecule has 0 spiro atoms. The summed E-state index contributed by atoms with van der Waals surface area (Å²) in [7, 11) is 3.07. The topological polar surface area (TPSA) is 83.1 Å². The van der Waals surface area contributed by atoms with Gasteiger partial charge in [-0.05, 0) is 41.3 Å². The van der Waals surface area contributed by atoms with Gasteiger partial charge in [0.2, 0.25) is 0 Å². The third-order valence-electron chi connectivity index (χ3n) is 3.89. The number of carbonyl (C=O) groups is 1. The summed E-state index contributed by atoms with van der Waals surface area (Å²) in [6.07, 6.45) is 0. The minimum Gasteiger partial charge on any atom is -0.493 e. The highest BCUT2D eigenvalue weighted by Gasteiger charge is 2.15. The van der Waals surface area contributed by atoms with Gasteiger partial charge in [0, 0.05) is 5.56 Å². The van der Waals surface area contributed by atoms with Crippen molar-refractivity contribution in [3.8, 4) is 11.5 Å². The van der Waals surface area contributed by atoms with E-state index in [1.54, 1.807) is 37.4 Å². The van der Waals surface area contributed by atoms with Gasteiger partial charge in [-0.2, -0.15) is 0 Å². The molecule has 2 aromatic rings. The lowest BCUT2D eigenvalue weighted by Gasteiger charge is -2.18. The van der Waals surface area contributed by atoms with E-state index in [-0.39, 0.29) is 11.3 Å². The number of benzene rings is 2. The SMILES string of the molecule is COc1ccc(/C(N)=N/OC(=O)c2ccc(C(C)(C)C)cc2)cc1OC. The fourth-order valence-electron chi connectivity index (χ4n) is 2.30. The van der Waals surface area contributed by atoms with E-state index in [0.717, 1.165) is 5.56 Å². The Labute approximate surface area is 153 Å². The van der Waals surface area contributed by atoms with E-state index in [4.69, 9.17) is 20.0 Å². The first-order valence-corrected chi connectivity index (χ1v) is 8.14. The zero-order chi connectivity index (χ0) is 19.3. The Kier molecular flexibility index (Phi) is 5.87. The molecule has 6 heteroatoms. The normalized spacial score (nSPS) is 11.8. The molecule has 0 heterocycles. The maximum absolute atomic E-state index is 12.1. The molecule has 0 bridgehead atoms. The van der Waals surface area contributed by atoms with Crippen LogP contribution < -0.4 is 15.2 Å². The first-order valence-electron chi connectivity index (χ1n) is 8.14. The molecule has 0 aliphatic rings. The maximum atomic E-state index is 12.1. The van der Waals surface area contributed by atoms with Gasteiger partial charge in [-0.1, -0.05) is 38.1 Å². The second kappa shape index (κ2) is 7.91. The highest BCUT2D eigenvalue weighted by atomic mass is 16.7. The molecule has 0 unspecified atom stereocenters. The van der Waals surface area contributed by atoms with Crippen LogP contribution in [0, 0.1) is 0 Å². The lowest BCUT2D eigenvalue weighted by molar-refractivity contribution is 0.0516. The summed E-state index contributed by atoms with van der Waals surface area (Å²) in [6, 6.07) is 12.3. The molecule has 0 radical (unpaired) electrons. The summed E-state index contributed by atoms with van der Waals surface area (Å²) in [5.41, 5.74) is 7.99. The number of ether oxygens (including phenoxy) is 2. The Balaban J connectivity index is 2.12. The first-order chi connectivity index (χ1) is 12.3. The summed E-state index contributed by atoms with van der Waals surface area (Å²) in [5, 5.41) is 3.72. The van der Waals surface area contributed by atoms with Gasteiger partial charge in [0.05, 0.1) is 19.8 Å². The fraction of sp³-hybridized carbons (Fsp3) is 0.300. The number of oxime groups is 1. The van der Waals surface area contributed by atoms with Crippen LogP contribution in [-0.2, 0) is 10.3 Å². The van der Waals surface area contributed by atoms with Gasteiger partial charge in [0.25, 0.3) is 0 Å². The molecule has 0 fully saturated rings. The van der Waals surface area contributed by atoms with Crippen LogP contribution in [0.4, 0.5) is 0 Å². The number of rotatable bonds is 5. The standard InChI is InChI=1S/C20H24N2O4/c1-20(2,3)15-9-6-13(7-10-15)19(23)26-22-18(21)14-8-11-16(24-4)17(12-14)25-5/h6-12H,1-5H3,(H2,21,22). The Morgan fingerprint density at radius 2 is 1.50 bits per heavy atom. The van der Waals surface area contributed by atoms with Crippen molar-refractivity contribution in [3.05, 3.63) is 59.2 Å². The molecule has 2 N–H and O–H groups in total. The Morgan fingerprint density at radius 3 is 2.04 bits per heavy atom. The van der Waals surface area contributed by atoms with E-state index in [0.29, 0.717) is 22.6 Å². The lowest BCUT2D eigenvalue weighted by atomic mass is 9.87. The molecule has 138 valence electrons. The minimum absolute atomic E-state index is 0.0123. The number of hydrogen-bond acceptors (Lipinski definition) is 5. The van der Waals surface area contributed by atoms with Crippen LogP contribution in [-0.4, -0.2) is 26.0 Å². The second-order valence-electron chi connectivity index (χ2n) is 6.75. The van der Waals surface area contributed by atoms with Crippen LogP contribution in [0.3, 0.4) is 0 Å². The van der Waals surface area contributed by atoms with Crippen LogP contribution >= 0.6 is 0 Å². The molecular weight excluding hydrogens is 332 g/mol. The molecule has 0 aliphatic heterocycles. The van der Waals surface area contributed by atoms with Crippen LogP contribution in [0.25, 0.3) is 0 Å². The molecule has 0 saturated heterocycles. The van der Waals surface area contributed by atoms with Crippen molar-refractivity contribution in [1.82, 2.24) is 0 Å². The molecular formula is C20H24N2O4. The van der Waals surface area contributed by atoms with E-state index in [1.165, 1.54) is 7.11 Å². The smallest absolute Gasteiger partial charge is 0.365 e. The van der Waals surface area contributed by atoms with Gasteiger partial charge in [-0.15, -0.1) is 0 Å². The Bertz CT molecular complexity index is 806. The van der Waals surface area contributed by atoms with E-state index < -0.39 is 5.97 Å². The maximum Gasteiger partial charge on any atom is 0.365 e. The van der Waals surface area contributed by atoms with Crippen molar-refractivity contribution in [2.45, 2.75) is 26.2 Å². The van der Waals surface area contributed by atoms with Gasteiger partial charge < -0.3 is 20.0 Å². The summed E-state index contributed by atoms with van der Waals surface area (Å²) >= 11 is 0. The third kappa shape index (κ3) is 4.53. The van der Waals surface area contributed by atoms with E-state index in [1.807, 2.05) is 12.1 Å². The van der Waals surface area contributed by atoms with Gasteiger partial charge in [0.1, 0.15) is 0 Å².